The number of halogens is 3. The molecule has 0 spiro atoms. The van der Waals surface area contributed by atoms with Gasteiger partial charge in [0.05, 0.1) is 18.5 Å². The molecule has 2 atom stereocenters. The van der Waals surface area contributed by atoms with Crippen LogP contribution in [0.25, 0.3) is 0 Å². The molecule has 0 bridgehead atoms. The number of thioether (sulfide) groups is 1. The van der Waals surface area contributed by atoms with E-state index in [-0.39, 0.29) is 18.2 Å². The summed E-state index contributed by atoms with van der Waals surface area (Å²) >= 11 is 0.686. The molecular weight excluding hydrogens is 331 g/mol. The number of hydrogen-bond acceptors (Lipinski definition) is 5. The first-order valence-electron chi connectivity index (χ1n) is 6.89. The second-order valence-electron chi connectivity index (χ2n) is 5.34. The van der Waals surface area contributed by atoms with Crippen LogP contribution in [0.3, 0.4) is 0 Å². The van der Waals surface area contributed by atoms with E-state index in [2.05, 4.69) is 15.8 Å². The lowest BCUT2D eigenvalue weighted by molar-refractivity contribution is -0.123. The summed E-state index contributed by atoms with van der Waals surface area (Å²) < 4.78 is 44.3. The van der Waals surface area contributed by atoms with Crippen molar-refractivity contribution in [2.45, 2.75) is 29.8 Å². The number of benzene rings is 1. The first-order valence-corrected chi connectivity index (χ1v) is 7.77. The molecule has 0 radical (unpaired) electrons. The normalized spacial score (nSPS) is 23.7. The lowest BCUT2D eigenvalue weighted by Gasteiger charge is -2.21. The van der Waals surface area contributed by atoms with Gasteiger partial charge in [-0.3, -0.25) is 4.79 Å². The average Bonchev–Trinajstić information content (AvgIpc) is 2.92. The van der Waals surface area contributed by atoms with Crippen molar-refractivity contribution in [3.05, 3.63) is 17.7 Å². The van der Waals surface area contributed by atoms with Crippen molar-refractivity contribution in [1.82, 2.24) is 5.43 Å². The zero-order valence-corrected chi connectivity index (χ0v) is 13.1. The van der Waals surface area contributed by atoms with E-state index in [1.165, 1.54) is 7.11 Å². The van der Waals surface area contributed by atoms with Crippen molar-refractivity contribution < 1.29 is 22.7 Å². The standard InChI is InChI=1S/C14H14F3N3O2S/c1-6-5-9(21)19-20-10(6)7-3-4-8(22-2)11-12(7)23-13(18-11)14(15,16)17/h3-4,6,13,18H,5H2,1-2H3,(H,19,21). The third kappa shape index (κ3) is 2.85. The van der Waals surface area contributed by atoms with Gasteiger partial charge in [-0.15, -0.1) is 0 Å². The summed E-state index contributed by atoms with van der Waals surface area (Å²) in [5.41, 5.74) is 3.85. The van der Waals surface area contributed by atoms with Crippen LogP contribution >= 0.6 is 11.8 Å². The van der Waals surface area contributed by atoms with E-state index >= 15 is 0 Å². The molecule has 124 valence electrons. The van der Waals surface area contributed by atoms with E-state index in [1.54, 1.807) is 12.1 Å². The highest BCUT2D eigenvalue weighted by molar-refractivity contribution is 8.00. The minimum atomic E-state index is -4.39. The lowest BCUT2D eigenvalue weighted by Crippen LogP contribution is -2.32. The predicted octanol–water partition coefficient (Wildman–Crippen LogP) is 2.96. The van der Waals surface area contributed by atoms with Gasteiger partial charge in [-0.25, -0.2) is 5.43 Å². The minimum Gasteiger partial charge on any atom is -0.495 e. The van der Waals surface area contributed by atoms with Crippen LogP contribution < -0.4 is 15.5 Å². The molecular formula is C14H14F3N3O2S. The first-order chi connectivity index (χ1) is 10.8. The van der Waals surface area contributed by atoms with Gasteiger partial charge in [0.25, 0.3) is 0 Å². The SMILES string of the molecule is COc1ccc(C2=NNC(=O)CC2C)c2c1NC(C(F)(F)F)S2. The van der Waals surface area contributed by atoms with Crippen LogP contribution in [0.1, 0.15) is 18.9 Å². The number of fused-ring (bicyclic) bond motifs is 1. The fraction of sp³-hybridized carbons (Fsp3) is 0.429. The zero-order valence-electron chi connectivity index (χ0n) is 12.3. The highest BCUT2D eigenvalue weighted by atomic mass is 32.2. The summed E-state index contributed by atoms with van der Waals surface area (Å²) in [6, 6.07) is 3.28. The Balaban J connectivity index is 2.06. The first kappa shape index (κ1) is 16.0. The fourth-order valence-corrected chi connectivity index (χ4v) is 3.72. The van der Waals surface area contributed by atoms with E-state index < -0.39 is 11.6 Å². The molecule has 0 aliphatic carbocycles. The number of nitrogens with zero attached hydrogens (tertiary/aromatic N) is 1. The Labute approximate surface area is 134 Å². The molecule has 2 aliphatic heterocycles. The summed E-state index contributed by atoms with van der Waals surface area (Å²) in [5, 5.41) is 4.77. The van der Waals surface area contributed by atoms with Gasteiger partial charge in [0.15, 0.2) is 5.37 Å². The quantitative estimate of drug-likeness (QED) is 0.865. The van der Waals surface area contributed by atoms with Crippen LogP contribution in [0.4, 0.5) is 18.9 Å². The molecule has 1 amide bonds. The van der Waals surface area contributed by atoms with Gasteiger partial charge < -0.3 is 10.1 Å². The molecule has 2 heterocycles. The highest BCUT2D eigenvalue weighted by Crippen LogP contribution is 2.50. The largest absolute Gasteiger partial charge is 0.495 e. The zero-order chi connectivity index (χ0) is 16.8. The summed E-state index contributed by atoms with van der Waals surface area (Å²) in [6.07, 6.45) is -4.14. The summed E-state index contributed by atoms with van der Waals surface area (Å²) in [7, 11) is 1.41. The Kier molecular flexibility index (Phi) is 3.91. The Morgan fingerprint density at radius 1 is 1.39 bits per heavy atom. The fourth-order valence-electron chi connectivity index (χ4n) is 2.60. The predicted molar refractivity (Wildman–Crippen MR) is 80.8 cm³/mol. The van der Waals surface area contributed by atoms with Crippen LogP contribution in [0.5, 0.6) is 5.75 Å². The van der Waals surface area contributed by atoms with Gasteiger partial charge in [0.1, 0.15) is 5.75 Å². The van der Waals surface area contributed by atoms with Crippen LogP contribution in [-0.4, -0.2) is 30.3 Å². The van der Waals surface area contributed by atoms with Crippen molar-refractivity contribution >= 4 is 29.1 Å². The van der Waals surface area contributed by atoms with Crippen molar-refractivity contribution in [3.8, 4) is 5.75 Å². The number of anilines is 1. The molecule has 5 nitrogen and oxygen atoms in total. The highest BCUT2D eigenvalue weighted by Gasteiger charge is 2.46. The summed E-state index contributed by atoms with van der Waals surface area (Å²) in [6.45, 7) is 1.82. The van der Waals surface area contributed by atoms with E-state index in [4.69, 9.17) is 4.74 Å². The molecule has 23 heavy (non-hydrogen) atoms. The Morgan fingerprint density at radius 2 is 2.13 bits per heavy atom. The number of hydrazone groups is 1. The van der Waals surface area contributed by atoms with Gasteiger partial charge in [0, 0.05) is 22.8 Å². The minimum absolute atomic E-state index is 0.174. The van der Waals surface area contributed by atoms with E-state index in [1.807, 2.05) is 6.92 Å². The number of carbonyl (C=O) groups excluding carboxylic acids is 1. The molecule has 0 saturated carbocycles. The van der Waals surface area contributed by atoms with Gasteiger partial charge in [-0.2, -0.15) is 18.3 Å². The third-order valence-electron chi connectivity index (χ3n) is 3.68. The van der Waals surface area contributed by atoms with Crippen LogP contribution in [0.15, 0.2) is 22.1 Å². The number of nitrogens with one attached hydrogen (secondary N) is 2. The van der Waals surface area contributed by atoms with Crippen LogP contribution in [0.2, 0.25) is 0 Å². The van der Waals surface area contributed by atoms with Crippen molar-refractivity contribution in [2.75, 3.05) is 12.4 Å². The number of carbonyl (C=O) groups is 1. The van der Waals surface area contributed by atoms with Gasteiger partial charge >= 0.3 is 6.18 Å². The number of rotatable bonds is 2. The topological polar surface area (TPSA) is 62.7 Å². The van der Waals surface area contributed by atoms with E-state index in [0.717, 1.165) is 0 Å². The molecule has 9 heteroatoms. The smallest absolute Gasteiger partial charge is 0.418 e. The molecule has 2 N–H and O–H groups in total. The van der Waals surface area contributed by atoms with Gasteiger partial charge in [-0.1, -0.05) is 18.7 Å². The number of hydrogen-bond donors (Lipinski definition) is 2. The average molecular weight is 345 g/mol. The molecule has 1 aromatic carbocycles. The molecule has 1 aromatic rings. The lowest BCUT2D eigenvalue weighted by atomic mass is 9.93. The third-order valence-corrected chi connectivity index (χ3v) is 4.96. The molecule has 2 aliphatic rings. The Bertz CT molecular complexity index is 691. The van der Waals surface area contributed by atoms with Crippen LogP contribution in [-0.2, 0) is 4.79 Å². The van der Waals surface area contributed by atoms with Gasteiger partial charge in [0.2, 0.25) is 5.91 Å². The molecule has 2 unspecified atom stereocenters. The monoisotopic (exact) mass is 345 g/mol. The number of ether oxygens (including phenoxy) is 1. The maximum Gasteiger partial charge on any atom is 0.418 e. The van der Waals surface area contributed by atoms with Crippen molar-refractivity contribution in [2.24, 2.45) is 11.0 Å². The second kappa shape index (κ2) is 5.63. The summed E-state index contributed by atoms with van der Waals surface area (Å²) in [4.78, 5) is 11.8. The second-order valence-corrected chi connectivity index (χ2v) is 6.46. The Hall–Kier alpha value is -1.90. The number of amides is 1. The number of alkyl halides is 3. The maximum atomic E-state index is 13.1. The van der Waals surface area contributed by atoms with Crippen molar-refractivity contribution in [1.29, 1.82) is 0 Å². The maximum absolute atomic E-state index is 13.1. The molecule has 0 aromatic heterocycles. The van der Waals surface area contributed by atoms with Crippen LogP contribution in [0, 0.1) is 5.92 Å². The van der Waals surface area contributed by atoms with E-state index in [0.29, 0.717) is 39.4 Å². The van der Waals surface area contributed by atoms with E-state index in [9.17, 15) is 18.0 Å². The van der Waals surface area contributed by atoms with Crippen molar-refractivity contribution in [3.63, 3.8) is 0 Å². The molecule has 0 fully saturated rings. The molecule has 3 rings (SSSR count). The Morgan fingerprint density at radius 3 is 2.74 bits per heavy atom. The van der Waals surface area contributed by atoms with Gasteiger partial charge in [-0.05, 0) is 12.1 Å². The molecule has 0 saturated heterocycles. The summed E-state index contributed by atoms with van der Waals surface area (Å²) in [5.74, 6) is -0.0340. The number of methoxy groups -OCH3 is 1.